The number of nitrogens with zero attached hydrogens (tertiary/aromatic N) is 3. The molecule has 0 aliphatic heterocycles. The summed E-state index contributed by atoms with van der Waals surface area (Å²) in [6.07, 6.45) is 4.73. The monoisotopic (exact) mass is 449 g/mol. The number of hydrogen-bond acceptors (Lipinski definition) is 1. The first-order valence-electron chi connectivity index (χ1n) is 9.00. The van der Waals surface area contributed by atoms with Crippen molar-refractivity contribution in [2.24, 2.45) is 4.74 Å². The standard InChI is InChI=1S/C18H33IN3P/c1-5-14-21(15-6-2)23(19,22(16-7-3)17-8-4)20-18-12-10-9-11-13-18/h9-13H,5-8,14-17H2,1-4H3. The van der Waals surface area contributed by atoms with Gasteiger partial charge in [-0.15, -0.1) is 0 Å². The van der Waals surface area contributed by atoms with Crippen molar-refractivity contribution in [2.45, 2.75) is 53.4 Å². The topological polar surface area (TPSA) is 18.8 Å². The SMILES string of the molecule is CCCN(CCC)P(I)(=Nc1ccccc1)N(CCC)CCC. The van der Waals surface area contributed by atoms with Crippen molar-refractivity contribution in [1.29, 1.82) is 0 Å². The lowest BCUT2D eigenvalue weighted by Crippen LogP contribution is -2.31. The van der Waals surface area contributed by atoms with Gasteiger partial charge < -0.3 is 0 Å². The Morgan fingerprint density at radius 3 is 1.52 bits per heavy atom. The molecule has 132 valence electrons. The van der Waals surface area contributed by atoms with E-state index in [9.17, 15) is 0 Å². The minimum atomic E-state index is -1.72. The van der Waals surface area contributed by atoms with Gasteiger partial charge in [0.05, 0.1) is 5.69 Å². The molecule has 0 spiro atoms. The van der Waals surface area contributed by atoms with Crippen LogP contribution >= 0.6 is 27.0 Å². The van der Waals surface area contributed by atoms with Gasteiger partial charge in [-0.25, -0.2) is 14.1 Å². The second-order valence-corrected chi connectivity index (χ2v) is 12.0. The molecule has 0 saturated carbocycles. The van der Waals surface area contributed by atoms with Crippen molar-refractivity contribution < 1.29 is 0 Å². The van der Waals surface area contributed by atoms with Crippen molar-refractivity contribution in [3.63, 3.8) is 0 Å². The minimum absolute atomic E-state index is 1.12. The number of rotatable bonds is 11. The summed E-state index contributed by atoms with van der Waals surface area (Å²) in [5.74, 6) is 0. The van der Waals surface area contributed by atoms with Gasteiger partial charge in [0.25, 0.3) is 0 Å². The molecule has 1 aromatic carbocycles. The lowest BCUT2D eigenvalue weighted by Gasteiger charge is -2.40. The maximum absolute atomic E-state index is 5.32. The van der Waals surface area contributed by atoms with E-state index in [1.165, 1.54) is 25.7 Å². The molecule has 23 heavy (non-hydrogen) atoms. The molecular weight excluding hydrogens is 416 g/mol. The summed E-state index contributed by atoms with van der Waals surface area (Å²) in [6, 6.07) is 10.5. The highest BCUT2D eigenvalue weighted by Gasteiger charge is 2.30. The molecule has 0 radical (unpaired) electrons. The molecule has 0 aliphatic rings. The fourth-order valence-electron chi connectivity index (χ4n) is 2.71. The zero-order valence-corrected chi connectivity index (χ0v) is 18.3. The molecule has 3 nitrogen and oxygen atoms in total. The summed E-state index contributed by atoms with van der Waals surface area (Å²) in [7, 11) is 0. The molecule has 0 aliphatic carbocycles. The summed E-state index contributed by atoms with van der Waals surface area (Å²) in [5.41, 5.74) is 1.12. The maximum Gasteiger partial charge on any atom is 0.162 e. The minimum Gasteiger partial charge on any atom is -0.250 e. The van der Waals surface area contributed by atoms with Crippen molar-refractivity contribution >= 4 is 32.7 Å². The van der Waals surface area contributed by atoms with E-state index in [0.717, 1.165) is 31.9 Å². The summed E-state index contributed by atoms with van der Waals surface area (Å²) < 4.78 is 10.6. The first-order chi connectivity index (χ1) is 11.1. The number of hydrogen-bond donors (Lipinski definition) is 0. The Morgan fingerprint density at radius 2 is 1.17 bits per heavy atom. The molecule has 0 N–H and O–H groups in total. The molecule has 0 heterocycles. The Hall–Kier alpha value is 0.100. The van der Waals surface area contributed by atoms with Gasteiger partial charge in [0.1, 0.15) is 0 Å². The quantitative estimate of drug-likeness (QED) is 0.269. The van der Waals surface area contributed by atoms with Crippen LogP contribution in [-0.4, -0.2) is 35.5 Å². The maximum atomic E-state index is 5.32. The highest BCUT2D eigenvalue weighted by molar-refractivity contribution is 14.2. The summed E-state index contributed by atoms with van der Waals surface area (Å²) in [5, 5.41) is 0. The van der Waals surface area contributed by atoms with Crippen molar-refractivity contribution in [3.05, 3.63) is 30.3 Å². The van der Waals surface area contributed by atoms with Crippen LogP contribution < -0.4 is 0 Å². The zero-order chi connectivity index (χ0) is 17.1. The molecular formula is C18H33IN3P. The third-order valence-electron chi connectivity index (χ3n) is 3.65. The van der Waals surface area contributed by atoms with E-state index in [1.54, 1.807) is 0 Å². The first-order valence-corrected chi connectivity index (χ1v) is 13.4. The fourth-order valence-corrected chi connectivity index (χ4v) is 8.90. The van der Waals surface area contributed by atoms with Gasteiger partial charge in [-0.05, 0) is 37.8 Å². The molecule has 1 aromatic rings. The molecule has 0 atom stereocenters. The van der Waals surface area contributed by atoms with Gasteiger partial charge in [0, 0.05) is 48.2 Å². The van der Waals surface area contributed by atoms with Crippen LogP contribution in [0.3, 0.4) is 0 Å². The first kappa shape index (κ1) is 21.1. The van der Waals surface area contributed by atoms with Crippen LogP contribution in [0.2, 0.25) is 0 Å². The van der Waals surface area contributed by atoms with E-state index in [2.05, 4.69) is 89.4 Å². The second kappa shape index (κ2) is 11.6. The molecule has 0 aromatic heterocycles. The van der Waals surface area contributed by atoms with Gasteiger partial charge in [-0.1, -0.05) is 45.9 Å². The lowest BCUT2D eigenvalue weighted by molar-refractivity contribution is 0.383. The van der Waals surface area contributed by atoms with Crippen molar-refractivity contribution in [1.82, 2.24) is 9.34 Å². The predicted octanol–water partition coefficient (Wildman–Crippen LogP) is 6.94. The Labute approximate surface area is 156 Å². The van der Waals surface area contributed by atoms with E-state index in [4.69, 9.17) is 4.74 Å². The summed E-state index contributed by atoms with van der Waals surface area (Å²) >= 11 is 2.69. The molecule has 5 heteroatoms. The smallest absolute Gasteiger partial charge is 0.162 e. The van der Waals surface area contributed by atoms with Crippen LogP contribution in [0.4, 0.5) is 5.69 Å². The number of halogens is 1. The second-order valence-electron chi connectivity index (χ2n) is 5.84. The summed E-state index contributed by atoms with van der Waals surface area (Å²) in [4.78, 5) is -1.72. The van der Waals surface area contributed by atoms with E-state index in [-0.39, 0.29) is 0 Å². The molecule has 0 bridgehead atoms. The van der Waals surface area contributed by atoms with E-state index < -0.39 is 5.00 Å². The van der Waals surface area contributed by atoms with Crippen LogP contribution in [0.15, 0.2) is 35.1 Å². The van der Waals surface area contributed by atoms with Gasteiger partial charge in [-0.3, -0.25) is 0 Å². The average Bonchev–Trinajstić information content (AvgIpc) is 2.55. The number of benzene rings is 1. The van der Waals surface area contributed by atoms with Crippen LogP contribution in [0.5, 0.6) is 0 Å². The highest BCUT2D eigenvalue weighted by Crippen LogP contribution is 2.65. The van der Waals surface area contributed by atoms with Gasteiger partial charge in [0.15, 0.2) is 5.00 Å². The van der Waals surface area contributed by atoms with Gasteiger partial charge >= 0.3 is 0 Å². The summed E-state index contributed by atoms with van der Waals surface area (Å²) in [6.45, 7) is 13.6. The zero-order valence-electron chi connectivity index (χ0n) is 15.2. The van der Waals surface area contributed by atoms with Gasteiger partial charge in [-0.2, -0.15) is 0 Å². The van der Waals surface area contributed by atoms with E-state index in [1.807, 2.05) is 0 Å². The van der Waals surface area contributed by atoms with Crippen LogP contribution in [0.25, 0.3) is 0 Å². The normalized spacial score (nSPS) is 12.1. The Kier molecular flexibility index (Phi) is 10.7. The molecule has 1 rings (SSSR count). The van der Waals surface area contributed by atoms with Crippen LogP contribution in [0, 0.1) is 0 Å². The molecule has 0 saturated heterocycles. The van der Waals surface area contributed by atoms with Crippen LogP contribution in [0.1, 0.15) is 53.4 Å². The third-order valence-corrected chi connectivity index (χ3v) is 10.7. The molecule has 0 unspecified atom stereocenters. The van der Waals surface area contributed by atoms with E-state index in [0.29, 0.717) is 0 Å². The van der Waals surface area contributed by atoms with Crippen LogP contribution in [-0.2, 0) is 0 Å². The van der Waals surface area contributed by atoms with E-state index >= 15 is 0 Å². The Balaban J connectivity index is 3.33. The largest absolute Gasteiger partial charge is 0.250 e. The Bertz CT molecular complexity index is 446. The predicted molar refractivity (Wildman–Crippen MR) is 114 cm³/mol. The van der Waals surface area contributed by atoms with Crippen molar-refractivity contribution in [2.75, 3.05) is 26.2 Å². The third kappa shape index (κ3) is 6.49. The van der Waals surface area contributed by atoms with Crippen molar-refractivity contribution in [3.8, 4) is 0 Å². The fraction of sp³-hybridized carbons (Fsp3) is 0.667. The highest BCUT2D eigenvalue weighted by atomic mass is 127. The lowest BCUT2D eigenvalue weighted by atomic mass is 10.3. The Morgan fingerprint density at radius 1 is 0.783 bits per heavy atom. The average molecular weight is 449 g/mol. The molecule has 0 amide bonds. The molecule has 0 fully saturated rings. The van der Waals surface area contributed by atoms with Gasteiger partial charge in [0.2, 0.25) is 0 Å².